The Hall–Kier alpha value is -2.11. The van der Waals surface area contributed by atoms with Crippen molar-refractivity contribution < 1.29 is 4.79 Å². The van der Waals surface area contributed by atoms with Crippen LogP contribution >= 0.6 is 11.6 Å². The van der Waals surface area contributed by atoms with Crippen LogP contribution in [0.1, 0.15) is 15.9 Å². The Labute approximate surface area is 121 Å². The van der Waals surface area contributed by atoms with Gasteiger partial charge in [-0.05, 0) is 24.1 Å². The molecule has 0 unspecified atom stereocenters. The summed E-state index contributed by atoms with van der Waals surface area (Å²) < 4.78 is 0. The number of aromatic nitrogens is 1. The summed E-state index contributed by atoms with van der Waals surface area (Å²) in [7, 11) is 0. The smallest absolute Gasteiger partial charge is 0.259 e. The van der Waals surface area contributed by atoms with Crippen molar-refractivity contribution >= 4 is 29.0 Å². The number of nitrogens with two attached hydrogens (primary N) is 1. The number of halogens is 1. The third-order valence-corrected chi connectivity index (χ3v) is 3.65. The van der Waals surface area contributed by atoms with E-state index in [1.165, 1.54) is 11.8 Å². The maximum absolute atomic E-state index is 12.5. The number of carbonyl (C=O) groups excluding carboxylic acids is 1. The van der Waals surface area contributed by atoms with Gasteiger partial charge in [0.1, 0.15) is 0 Å². The van der Waals surface area contributed by atoms with Crippen LogP contribution in [0, 0.1) is 0 Å². The topological polar surface area (TPSA) is 71.2 Å². The zero-order valence-electron chi connectivity index (χ0n) is 10.6. The summed E-state index contributed by atoms with van der Waals surface area (Å²) in [6.07, 6.45) is 2.34. The van der Waals surface area contributed by atoms with E-state index in [1.54, 1.807) is 11.0 Å². The quantitative estimate of drug-likeness (QED) is 0.657. The SMILES string of the molecule is NNc1ncc(C(=O)N2CCc3ccccc32)cc1Cl. The number of nitrogens with one attached hydrogen (secondary N) is 1. The monoisotopic (exact) mass is 288 g/mol. The molecule has 2 heterocycles. The number of pyridine rings is 1. The van der Waals surface area contributed by atoms with Gasteiger partial charge in [-0.15, -0.1) is 0 Å². The Morgan fingerprint density at radius 3 is 2.95 bits per heavy atom. The molecule has 2 aromatic rings. The highest BCUT2D eigenvalue weighted by atomic mass is 35.5. The van der Waals surface area contributed by atoms with Crippen molar-refractivity contribution in [2.75, 3.05) is 16.9 Å². The molecular weight excluding hydrogens is 276 g/mol. The predicted molar refractivity (Wildman–Crippen MR) is 78.9 cm³/mol. The van der Waals surface area contributed by atoms with E-state index in [1.807, 2.05) is 24.3 Å². The number of nitrogen functional groups attached to an aromatic ring is 1. The number of rotatable bonds is 2. The van der Waals surface area contributed by atoms with E-state index in [9.17, 15) is 4.79 Å². The molecule has 0 atom stereocenters. The number of hydrazine groups is 1. The van der Waals surface area contributed by atoms with E-state index >= 15 is 0 Å². The van der Waals surface area contributed by atoms with Gasteiger partial charge in [0.25, 0.3) is 5.91 Å². The summed E-state index contributed by atoms with van der Waals surface area (Å²) in [6, 6.07) is 9.47. The molecule has 0 aliphatic carbocycles. The van der Waals surface area contributed by atoms with Crippen molar-refractivity contribution in [1.29, 1.82) is 0 Å². The van der Waals surface area contributed by atoms with Gasteiger partial charge in [0.15, 0.2) is 5.82 Å². The van der Waals surface area contributed by atoms with Crippen molar-refractivity contribution in [2.45, 2.75) is 6.42 Å². The van der Waals surface area contributed by atoms with Crippen LogP contribution in [0.15, 0.2) is 36.5 Å². The first kappa shape index (κ1) is 12.9. The summed E-state index contributed by atoms with van der Waals surface area (Å²) in [5.41, 5.74) is 4.96. The number of benzene rings is 1. The zero-order valence-corrected chi connectivity index (χ0v) is 11.4. The number of fused-ring (bicyclic) bond motifs is 1. The Balaban J connectivity index is 1.93. The lowest BCUT2D eigenvalue weighted by Crippen LogP contribution is -2.29. The third kappa shape index (κ3) is 2.11. The zero-order chi connectivity index (χ0) is 14.1. The van der Waals surface area contributed by atoms with Crippen molar-refractivity contribution in [1.82, 2.24) is 4.98 Å². The van der Waals surface area contributed by atoms with Crippen LogP contribution in [0.4, 0.5) is 11.5 Å². The molecule has 20 heavy (non-hydrogen) atoms. The average Bonchev–Trinajstić information content (AvgIpc) is 2.90. The Kier molecular flexibility index (Phi) is 3.30. The van der Waals surface area contributed by atoms with E-state index in [2.05, 4.69) is 10.4 Å². The normalized spacial score (nSPS) is 13.2. The first-order valence-electron chi connectivity index (χ1n) is 6.22. The highest BCUT2D eigenvalue weighted by molar-refractivity contribution is 6.33. The minimum atomic E-state index is -0.104. The van der Waals surface area contributed by atoms with Crippen LogP contribution < -0.4 is 16.2 Å². The van der Waals surface area contributed by atoms with Gasteiger partial charge < -0.3 is 10.3 Å². The van der Waals surface area contributed by atoms with E-state index in [-0.39, 0.29) is 5.91 Å². The first-order valence-corrected chi connectivity index (χ1v) is 6.60. The molecule has 0 radical (unpaired) electrons. The van der Waals surface area contributed by atoms with Crippen molar-refractivity contribution in [3.8, 4) is 0 Å². The number of nitrogens with zero attached hydrogens (tertiary/aromatic N) is 2. The number of hydrogen-bond donors (Lipinski definition) is 2. The molecule has 0 bridgehead atoms. The lowest BCUT2D eigenvalue weighted by atomic mass is 10.2. The first-order chi connectivity index (χ1) is 9.70. The highest BCUT2D eigenvalue weighted by Crippen LogP contribution is 2.29. The number of para-hydroxylation sites is 1. The predicted octanol–water partition coefficient (Wildman–Crippen LogP) is 2.22. The second kappa shape index (κ2) is 5.11. The summed E-state index contributed by atoms with van der Waals surface area (Å²) >= 11 is 6.00. The van der Waals surface area contributed by atoms with Gasteiger partial charge in [-0.3, -0.25) is 4.79 Å². The standard InChI is InChI=1S/C14H13ClN4O/c15-11-7-10(8-17-13(11)18-16)14(20)19-6-5-9-3-1-2-4-12(9)19/h1-4,7-8H,5-6,16H2,(H,17,18). The molecule has 0 saturated carbocycles. The fourth-order valence-corrected chi connectivity index (χ4v) is 2.59. The minimum Gasteiger partial charge on any atom is -0.308 e. The molecule has 3 N–H and O–H groups in total. The molecule has 5 nitrogen and oxygen atoms in total. The van der Waals surface area contributed by atoms with Gasteiger partial charge in [-0.2, -0.15) is 0 Å². The van der Waals surface area contributed by atoms with E-state index in [0.717, 1.165) is 12.1 Å². The van der Waals surface area contributed by atoms with Crippen LogP contribution in [0.25, 0.3) is 0 Å². The van der Waals surface area contributed by atoms with Crippen LogP contribution in [0.3, 0.4) is 0 Å². The van der Waals surface area contributed by atoms with Crippen molar-refractivity contribution in [3.05, 3.63) is 52.7 Å². The number of carbonyl (C=O) groups is 1. The highest BCUT2D eigenvalue weighted by Gasteiger charge is 2.25. The Bertz CT molecular complexity index is 674. The van der Waals surface area contributed by atoms with Crippen LogP contribution in [-0.4, -0.2) is 17.4 Å². The maximum atomic E-state index is 12.5. The molecule has 0 saturated heterocycles. The molecule has 1 aliphatic heterocycles. The number of anilines is 2. The van der Waals surface area contributed by atoms with Crippen molar-refractivity contribution in [2.24, 2.45) is 5.84 Å². The van der Waals surface area contributed by atoms with Crippen LogP contribution in [0.2, 0.25) is 5.02 Å². The molecule has 6 heteroatoms. The van der Waals surface area contributed by atoms with Crippen molar-refractivity contribution in [3.63, 3.8) is 0 Å². The van der Waals surface area contributed by atoms with Gasteiger partial charge in [-0.1, -0.05) is 29.8 Å². The third-order valence-electron chi connectivity index (χ3n) is 3.36. The second-order valence-electron chi connectivity index (χ2n) is 4.53. The maximum Gasteiger partial charge on any atom is 0.259 e. The van der Waals surface area contributed by atoms with Crippen LogP contribution in [-0.2, 0) is 6.42 Å². The molecule has 1 amide bonds. The molecule has 1 aliphatic rings. The van der Waals surface area contributed by atoms with Gasteiger partial charge >= 0.3 is 0 Å². The Morgan fingerprint density at radius 2 is 2.20 bits per heavy atom. The molecule has 102 valence electrons. The minimum absolute atomic E-state index is 0.104. The van der Waals surface area contributed by atoms with E-state index in [0.29, 0.717) is 22.9 Å². The van der Waals surface area contributed by atoms with Gasteiger partial charge in [-0.25, -0.2) is 10.8 Å². The Morgan fingerprint density at radius 1 is 1.40 bits per heavy atom. The largest absolute Gasteiger partial charge is 0.308 e. The molecule has 0 spiro atoms. The summed E-state index contributed by atoms with van der Waals surface area (Å²) in [4.78, 5) is 18.3. The molecule has 1 aromatic carbocycles. The second-order valence-corrected chi connectivity index (χ2v) is 4.94. The fraction of sp³-hybridized carbons (Fsp3) is 0.143. The summed E-state index contributed by atoms with van der Waals surface area (Å²) in [5.74, 6) is 5.52. The number of hydrogen-bond acceptors (Lipinski definition) is 4. The van der Waals surface area contributed by atoms with Gasteiger partial charge in [0.2, 0.25) is 0 Å². The number of amides is 1. The van der Waals surface area contributed by atoms with Gasteiger partial charge in [0, 0.05) is 18.4 Å². The molecule has 0 fully saturated rings. The molecule has 3 rings (SSSR count). The lowest BCUT2D eigenvalue weighted by molar-refractivity contribution is 0.0989. The van der Waals surface area contributed by atoms with Crippen LogP contribution in [0.5, 0.6) is 0 Å². The van der Waals surface area contributed by atoms with E-state index < -0.39 is 0 Å². The summed E-state index contributed by atoms with van der Waals surface area (Å²) in [6.45, 7) is 0.673. The molecular formula is C14H13ClN4O. The molecule has 1 aromatic heterocycles. The fourth-order valence-electron chi connectivity index (χ4n) is 2.37. The average molecular weight is 289 g/mol. The van der Waals surface area contributed by atoms with Gasteiger partial charge in [0.05, 0.1) is 10.6 Å². The van der Waals surface area contributed by atoms with E-state index in [4.69, 9.17) is 17.4 Å². The summed E-state index contributed by atoms with van der Waals surface area (Å²) in [5, 5.41) is 0.325. The lowest BCUT2D eigenvalue weighted by Gasteiger charge is -2.17.